The van der Waals surface area contributed by atoms with Crippen LogP contribution in [0.5, 0.6) is 0 Å². The summed E-state index contributed by atoms with van der Waals surface area (Å²) >= 11 is 0. The van der Waals surface area contributed by atoms with E-state index in [0.29, 0.717) is 5.56 Å². The van der Waals surface area contributed by atoms with Gasteiger partial charge in [-0.2, -0.15) is 0 Å². The molecule has 0 fully saturated rings. The molecule has 0 spiro atoms. The Kier molecular flexibility index (Phi) is 2.28. The summed E-state index contributed by atoms with van der Waals surface area (Å²) in [6.07, 6.45) is 0. The fraction of sp³-hybridized carbons (Fsp3) is 0. The molecule has 0 aliphatic rings. The predicted molar refractivity (Wildman–Crippen MR) is 147 cm³/mol. The van der Waals surface area contributed by atoms with E-state index in [4.69, 9.17) is 17.8 Å². The lowest BCUT2D eigenvalue weighted by Crippen LogP contribution is -1.90. The van der Waals surface area contributed by atoms with Crippen molar-refractivity contribution in [2.24, 2.45) is 0 Å². The van der Waals surface area contributed by atoms with Crippen molar-refractivity contribution < 1.29 is 17.8 Å². The molecule has 0 nitrogen and oxygen atoms in total. The molecule has 0 saturated heterocycles. The van der Waals surface area contributed by atoms with Gasteiger partial charge in [0.1, 0.15) is 0 Å². The Balaban J connectivity index is 1.81. The van der Waals surface area contributed by atoms with Gasteiger partial charge in [0, 0.05) is 0 Å². The van der Waals surface area contributed by atoms with Crippen LogP contribution in [0, 0.1) is 0 Å². The van der Waals surface area contributed by atoms with Crippen molar-refractivity contribution >= 4 is 43.1 Å². The van der Waals surface area contributed by atoms with E-state index < -0.39 is 84.1 Å². The topological polar surface area (TPSA) is 0 Å². The summed E-state index contributed by atoms with van der Waals surface area (Å²) in [5.74, 6) is 0. The molecular weight excluding hydrogens is 408 g/mol. The molecule has 0 radical (unpaired) electrons. The molecule has 0 aliphatic carbocycles. The molecule has 0 heteroatoms. The van der Waals surface area contributed by atoms with Gasteiger partial charge in [-0.3, -0.25) is 0 Å². The van der Waals surface area contributed by atoms with Crippen molar-refractivity contribution in [3.05, 3.63) is 133 Å². The van der Waals surface area contributed by atoms with E-state index in [1.165, 1.54) is 0 Å². The third-order valence-corrected chi connectivity index (χ3v) is 6.16. The van der Waals surface area contributed by atoms with Gasteiger partial charge in [0.25, 0.3) is 0 Å². The van der Waals surface area contributed by atoms with E-state index in [0.717, 1.165) is 21.5 Å². The highest BCUT2D eigenvalue weighted by atomic mass is 14.2. The van der Waals surface area contributed by atoms with Crippen molar-refractivity contribution in [2.45, 2.75) is 0 Å². The highest BCUT2D eigenvalue weighted by molar-refractivity contribution is 6.22. The van der Waals surface area contributed by atoms with Crippen molar-refractivity contribution in [3.63, 3.8) is 0 Å². The van der Waals surface area contributed by atoms with Gasteiger partial charge < -0.3 is 0 Å². The molecule has 7 rings (SSSR count). The standard InChI is InChI=1S/C34H22/c1-2-11-24(12-3-1)33-29-14-6-8-16-31(29)34(32-17-9-7-15-30(32)33)26-20-21-28-25(22-26)19-18-23-10-4-5-13-27(23)28/h1-22H/i1D,2D,3D,6D,7D,8D,9D,11D,12D,14D,15D,16D,17D. The maximum Gasteiger partial charge on any atom is 0.0629 e. The van der Waals surface area contributed by atoms with Gasteiger partial charge in [-0.25, -0.2) is 0 Å². The fourth-order valence-corrected chi connectivity index (χ4v) is 4.71. The molecule has 34 heavy (non-hydrogen) atoms. The molecule has 7 aromatic carbocycles. The molecule has 0 bridgehead atoms. The summed E-state index contributed by atoms with van der Waals surface area (Å²) < 4.78 is 113. The van der Waals surface area contributed by atoms with Crippen molar-refractivity contribution in [2.75, 3.05) is 0 Å². The first-order valence-corrected chi connectivity index (χ1v) is 10.7. The molecule has 0 saturated carbocycles. The second-order valence-corrected chi connectivity index (χ2v) is 7.97. The van der Waals surface area contributed by atoms with Gasteiger partial charge >= 0.3 is 0 Å². The first kappa shape index (κ1) is 10.2. The van der Waals surface area contributed by atoms with Gasteiger partial charge in [-0.1, -0.05) is 127 Å². The van der Waals surface area contributed by atoms with Gasteiger partial charge in [0.2, 0.25) is 0 Å². The fourth-order valence-electron chi connectivity index (χ4n) is 4.71. The number of hydrogen-bond acceptors (Lipinski definition) is 0. The quantitative estimate of drug-likeness (QED) is 0.184. The number of hydrogen-bond donors (Lipinski definition) is 0. The molecule has 158 valence electrons. The van der Waals surface area contributed by atoms with Crippen LogP contribution in [-0.2, 0) is 0 Å². The highest BCUT2D eigenvalue weighted by Gasteiger charge is 2.16. The normalized spacial score (nSPS) is 16.9. The van der Waals surface area contributed by atoms with Gasteiger partial charge in [-0.05, 0) is 71.4 Å². The summed E-state index contributed by atoms with van der Waals surface area (Å²) in [5, 5.41) is 3.02. The Morgan fingerprint density at radius 3 is 1.59 bits per heavy atom. The Bertz CT molecular complexity index is 2450. The number of fused-ring (bicyclic) bond motifs is 5. The Morgan fingerprint density at radius 1 is 0.382 bits per heavy atom. The van der Waals surface area contributed by atoms with Crippen LogP contribution in [0.15, 0.2) is 133 Å². The Hall–Kier alpha value is -4.42. The van der Waals surface area contributed by atoms with Crippen LogP contribution in [-0.4, -0.2) is 0 Å². The minimum absolute atomic E-state index is 0.101. The van der Waals surface area contributed by atoms with E-state index in [9.17, 15) is 0 Å². The molecule has 0 N–H and O–H groups in total. The highest BCUT2D eigenvalue weighted by Crippen LogP contribution is 2.44. The average Bonchev–Trinajstić information content (AvgIpc) is 3.08. The molecule has 0 unspecified atom stereocenters. The van der Waals surface area contributed by atoms with Gasteiger partial charge in [0.15, 0.2) is 0 Å². The summed E-state index contributed by atoms with van der Waals surface area (Å²) in [7, 11) is 0. The van der Waals surface area contributed by atoms with Crippen LogP contribution in [0.25, 0.3) is 65.3 Å². The molecule has 0 aromatic heterocycles. The van der Waals surface area contributed by atoms with Crippen molar-refractivity contribution in [1.82, 2.24) is 0 Å². The maximum absolute atomic E-state index is 9.09. The number of rotatable bonds is 2. The summed E-state index contributed by atoms with van der Waals surface area (Å²) in [6, 6.07) is 8.95. The van der Waals surface area contributed by atoms with Crippen LogP contribution in [0.1, 0.15) is 17.8 Å². The van der Waals surface area contributed by atoms with Crippen LogP contribution >= 0.6 is 0 Å². The van der Waals surface area contributed by atoms with Crippen LogP contribution < -0.4 is 0 Å². The Morgan fingerprint density at radius 2 is 0.912 bits per heavy atom. The van der Waals surface area contributed by atoms with Crippen molar-refractivity contribution in [3.8, 4) is 22.3 Å². The minimum Gasteiger partial charge on any atom is -0.0622 e. The van der Waals surface area contributed by atoms with Crippen LogP contribution in [0.3, 0.4) is 0 Å². The summed E-state index contributed by atoms with van der Waals surface area (Å²) in [6.45, 7) is 0. The summed E-state index contributed by atoms with van der Waals surface area (Å²) in [5.41, 5.74) is -0.204. The van der Waals surface area contributed by atoms with Crippen molar-refractivity contribution in [1.29, 1.82) is 0 Å². The largest absolute Gasteiger partial charge is 0.0629 e. The first-order chi connectivity index (χ1) is 22.3. The maximum atomic E-state index is 9.09. The Labute approximate surface area is 217 Å². The summed E-state index contributed by atoms with van der Waals surface area (Å²) in [4.78, 5) is 0. The zero-order valence-electron chi connectivity index (χ0n) is 30.7. The third kappa shape index (κ3) is 2.86. The van der Waals surface area contributed by atoms with Gasteiger partial charge in [-0.15, -0.1) is 0 Å². The second-order valence-electron chi connectivity index (χ2n) is 7.97. The average molecular weight is 444 g/mol. The smallest absolute Gasteiger partial charge is 0.0622 e. The van der Waals surface area contributed by atoms with E-state index in [1.807, 2.05) is 42.5 Å². The lowest BCUT2D eigenvalue weighted by molar-refractivity contribution is 1.66. The zero-order chi connectivity index (χ0) is 33.8. The van der Waals surface area contributed by atoms with E-state index in [-0.39, 0.29) is 32.7 Å². The van der Waals surface area contributed by atoms with Crippen LogP contribution in [0.4, 0.5) is 0 Å². The molecule has 7 aromatic rings. The minimum atomic E-state index is -0.699. The van der Waals surface area contributed by atoms with Crippen LogP contribution in [0.2, 0.25) is 0 Å². The van der Waals surface area contributed by atoms with E-state index in [2.05, 4.69) is 0 Å². The molecule has 0 aliphatic heterocycles. The van der Waals surface area contributed by atoms with E-state index in [1.54, 1.807) is 12.1 Å². The first-order valence-electron chi connectivity index (χ1n) is 17.2. The number of benzene rings is 7. The second kappa shape index (κ2) is 7.57. The molecule has 0 atom stereocenters. The molecule has 0 heterocycles. The lowest BCUT2D eigenvalue weighted by atomic mass is 9.85. The molecule has 0 amide bonds. The third-order valence-electron chi connectivity index (χ3n) is 6.16. The molecular formula is C34H22. The van der Waals surface area contributed by atoms with E-state index >= 15 is 0 Å². The zero-order valence-corrected chi connectivity index (χ0v) is 17.7. The lowest BCUT2D eigenvalue weighted by Gasteiger charge is -2.18. The van der Waals surface area contributed by atoms with Gasteiger partial charge in [0.05, 0.1) is 17.8 Å². The monoisotopic (exact) mass is 443 g/mol. The SMILES string of the molecule is [2H]c1c([2H])c([2H])c(-c2c3c([2H])c([2H])c([2H])c([2H])c3c(-c3ccc4c(ccc5ccccc54)c3)c3c([2H])c([2H])c([2H])c([2H])c23)c([2H])c1[2H]. The predicted octanol–water partition coefficient (Wildman–Crippen LogP) is 9.63.